The van der Waals surface area contributed by atoms with Crippen LogP contribution in [0.3, 0.4) is 0 Å². The van der Waals surface area contributed by atoms with E-state index in [9.17, 15) is 4.79 Å². The summed E-state index contributed by atoms with van der Waals surface area (Å²) in [6, 6.07) is 24.0. The van der Waals surface area contributed by atoms with Gasteiger partial charge in [-0.2, -0.15) is 0 Å². The summed E-state index contributed by atoms with van der Waals surface area (Å²) in [4.78, 5) is 12.8. The van der Waals surface area contributed by atoms with Gasteiger partial charge in [-0.15, -0.1) is 0 Å². The highest BCUT2D eigenvalue weighted by Crippen LogP contribution is 2.48. The average Bonchev–Trinajstić information content (AvgIpc) is 3.32. The van der Waals surface area contributed by atoms with Crippen LogP contribution in [0, 0.1) is 6.92 Å². The SMILES string of the molecule is CCOC(=O)COc1ccc(SN2Cc3cc(-c4ccccc4)ccc3C3(CCCC3)C2)cc1C. The van der Waals surface area contributed by atoms with Crippen LogP contribution in [0.1, 0.15) is 49.3 Å². The monoisotopic (exact) mass is 487 g/mol. The summed E-state index contributed by atoms with van der Waals surface area (Å²) in [5.74, 6) is 0.389. The van der Waals surface area contributed by atoms with Gasteiger partial charge in [0, 0.05) is 23.4 Å². The predicted octanol–water partition coefficient (Wildman–Crippen LogP) is 6.94. The number of ether oxygens (including phenoxy) is 2. The zero-order valence-corrected chi connectivity index (χ0v) is 21.4. The average molecular weight is 488 g/mol. The third kappa shape index (κ3) is 5.26. The van der Waals surface area contributed by atoms with Gasteiger partial charge in [-0.1, -0.05) is 55.3 Å². The minimum atomic E-state index is -0.339. The van der Waals surface area contributed by atoms with Crippen molar-refractivity contribution in [2.24, 2.45) is 0 Å². The lowest BCUT2D eigenvalue weighted by atomic mass is 9.74. The highest BCUT2D eigenvalue weighted by molar-refractivity contribution is 7.97. The number of esters is 1. The highest BCUT2D eigenvalue weighted by Gasteiger charge is 2.42. The van der Waals surface area contributed by atoms with E-state index in [4.69, 9.17) is 9.47 Å². The molecule has 1 heterocycles. The van der Waals surface area contributed by atoms with Crippen LogP contribution in [-0.2, 0) is 21.5 Å². The van der Waals surface area contributed by atoms with Crippen molar-refractivity contribution in [1.82, 2.24) is 4.31 Å². The molecule has 0 saturated heterocycles. The Bertz CT molecular complexity index is 1190. The molecule has 4 nitrogen and oxygen atoms in total. The Labute approximate surface area is 212 Å². The van der Waals surface area contributed by atoms with Crippen LogP contribution in [-0.4, -0.2) is 30.0 Å². The second kappa shape index (κ2) is 10.5. The first-order chi connectivity index (χ1) is 17.1. The number of aryl methyl sites for hydroxylation is 1. The van der Waals surface area contributed by atoms with Gasteiger partial charge in [0.05, 0.1) is 6.61 Å². The molecule has 3 aromatic rings. The second-order valence-corrected chi connectivity index (χ2v) is 10.8. The van der Waals surface area contributed by atoms with Crippen molar-refractivity contribution >= 4 is 17.9 Å². The number of carbonyl (C=O) groups excluding carboxylic acids is 1. The minimum absolute atomic E-state index is 0.0592. The van der Waals surface area contributed by atoms with Crippen molar-refractivity contribution in [1.29, 1.82) is 0 Å². The van der Waals surface area contributed by atoms with E-state index < -0.39 is 0 Å². The lowest BCUT2D eigenvalue weighted by Crippen LogP contribution is -2.41. The van der Waals surface area contributed by atoms with Crippen LogP contribution in [0.2, 0.25) is 0 Å². The Balaban J connectivity index is 1.35. The Morgan fingerprint density at radius 1 is 1.00 bits per heavy atom. The predicted molar refractivity (Wildman–Crippen MR) is 142 cm³/mol. The summed E-state index contributed by atoms with van der Waals surface area (Å²) in [6.45, 7) is 6.14. The molecule has 1 aliphatic heterocycles. The molecule has 1 aliphatic carbocycles. The molecular weight excluding hydrogens is 454 g/mol. The van der Waals surface area contributed by atoms with Crippen LogP contribution in [0.25, 0.3) is 11.1 Å². The summed E-state index contributed by atoms with van der Waals surface area (Å²) < 4.78 is 13.2. The van der Waals surface area contributed by atoms with Gasteiger partial charge in [0.2, 0.25) is 0 Å². The molecule has 0 aromatic heterocycles. The lowest BCUT2D eigenvalue weighted by Gasteiger charge is -2.42. The second-order valence-electron chi connectivity index (χ2n) is 9.64. The third-order valence-corrected chi connectivity index (χ3v) is 8.18. The molecule has 1 saturated carbocycles. The Morgan fingerprint density at radius 3 is 2.54 bits per heavy atom. The van der Waals surface area contributed by atoms with E-state index in [-0.39, 0.29) is 18.0 Å². The van der Waals surface area contributed by atoms with E-state index in [1.165, 1.54) is 47.3 Å². The van der Waals surface area contributed by atoms with E-state index >= 15 is 0 Å². The van der Waals surface area contributed by atoms with Crippen LogP contribution in [0.15, 0.2) is 71.6 Å². The minimum Gasteiger partial charge on any atom is -0.482 e. The first-order valence-electron chi connectivity index (χ1n) is 12.6. The molecule has 5 rings (SSSR count). The molecule has 2 aliphatic rings. The van der Waals surface area contributed by atoms with Crippen molar-refractivity contribution in [2.45, 2.75) is 56.4 Å². The maximum absolute atomic E-state index is 11.6. The number of hydrogen-bond donors (Lipinski definition) is 0. The molecule has 5 heteroatoms. The molecule has 0 amide bonds. The molecule has 0 N–H and O–H groups in total. The zero-order chi connectivity index (χ0) is 24.3. The molecule has 1 spiro atoms. The van der Waals surface area contributed by atoms with Crippen LogP contribution >= 0.6 is 11.9 Å². The maximum Gasteiger partial charge on any atom is 0.344 e. The van der Waals surface area contributed by atoms with Gasteiger partial charge in [0.25, 0.3) is 0 Å². The fourth-order valence-electron chi connectivity index (χ4n) is 5.59. The van der Waals surface area contributed by atoms with Crippen molar-refractivity contribution in [2.75, 3.05) is 19.8 Å². The van der Waals surface area contributed by atoms with Gasteiger partial charge in [0.1, 0.15) is 5.75 Å². The van der Waals surface area contributed by atoms with E-state index in [0.717, 1.165) is 24.4 Å². The smallest absolute Gasteiger partial charge is 0.344 e. The van der Waals surface area contributed by atoms with Gasteiger partial charge in [0.15, 0.2) is 6.61 Å². The number of nitrogens with zero attached hydrogens (tertiary/aromatic N) is 1. The standard InChI is InChI=1S/C30H33NO3S/c1-3-33-29(32)20-34-28-14-12-26(17-22(28)2)35-31-19-25-18-24(23-9-5-4-6-10-23)11-13-27(25)30(21-31)15-7-8-16-30/h4-6,9-14,17-18H,3,7-8,15-16,19-21H2,1-2H3. The molecule has 0 radical (unpaired) electrons. The third-order valence-electron chi connectivity index (χ3n) is 7.20. The fourth-order valence-corrected chi connectivity index (χ4v) is 6.77. The molecule has 0 atom stereocenters. The zero-order valence-electron chi connectivity index (χ0n) is 20.6. The normalized spacial score (nSPS) is 16.7. The summed E-state index contributed by atoms with van der Waals surface area (Å²) in [7, 11) is 0. The van der Waals surface area contributed by atoms with Gasteiger partial charge in [-0.25, -0.2) is 9.10 Å². The quantitative estimate of drug-likeness (QED) is 0.267. The Hall–Kier alpha value is -2.76. The van der Waals surface area contributed by atoms with Gasteiger partial charge in [-0.05, 0) is 90.7 Å². The van der Waals surface area contributed by atoms with E-state index in [0.29, 0.717) is 6.61 Å². The first kappa shape index (κ1) is 24.0. The van der Waals surface area contributed by atoms with Crippen molar-refractivity contribution in [3.05, 3.63) is 83.4 Å². The molecule has 3 aromatic carbocycles. The fraction of sp³-hybridized carbons (Fsp3) is 0.367. The molecule has 182 valence electrons. The van der Waals surface area contributed by atoms with E-state index in [1.807, 2.05) is 24.9 Å². The van der Waals surface area contributed by atoms with Crippen molar-refractivity contribution < 1.29 is 14.3 Å². The topological polar surface area (TPSA) is 38.8 Å². The molecule has 35 heavy (non-hydrogen) atoms. The summed E-state index contributed by atoms with van der Waals surface area (Å²) in [6.07, 6.45) is 5.15. The highest BCUT2D eigenvalue weighted by atomic mass is 32.2. The van der Waals surface area contributed by atoms with Crippen molar-refractivity contribution in [3.63, 3.8) is 0 Å². The number of fused-ring (bicyclic) bond motifs is 2. The molecular formula is C30H33NO3S. The summed E-state index contributed by atoms with van der Waals surface area (Å²) in [5.41, 5.74) is 6.87. The first-order valence-corrected chi connectivity index (χ1v) is 13.3. The Morgan fingerprint density at radius 2 is 1.80 bits per heavy atom. The van der Waals surface area contributed by atoms with Crippen LogP contribution < -0.4 is 4.74 Å². The summed E-state index contributed by atoms with van der Waals surface area (Å²) in [5, 5.41) is 0. The Kier molecular flexibility index (Phi) is 7.17. The number of benzene rings is 3. The van der Waals surface area contributed by atoms with E-state index in [1.54, 1.807) is 12.5 Å². The van der Waals surface area contributed by atoms with Gasteiger partial charge < -0.3 is 9.47 Å². The molecule has 1 fully saturated rings. The molecule has 0 unspecified atom stereocenters. The molecule has 0 bridgehead atoms. The summed E-state index contributed by atoms with van der Waals surface area (Å²) >= 11 is 1.83. The largest absolute Gasteiger partial charge is 0.482 e. The maximum atomic E-state index is 11.6. The number of rotatable bonds is 7. The van der Waals surface area contributed by atoms with E-state index in [2.05, 4.69) is 65.0 Å². The van der Waals surface area contributed by atoms with Crippen LogP contribution in [0.5, 0.6) is 5.75 Å². The van der Waals surface area contributed by atoms with Crippen molar-refractivity contribution in [3.8, 4) is 16.9 Å². The van der Waals surface area contributed by atoms with Crippen LogP contribution in [0.4, 0.5) is 0 Å². The van der Waals surface area contributed by atoms with Gasteiger partial charge in [-0.3, -0.25) is 0 Å². The number of hydrogen-bond acceptors (Lipinski definition) is 5. The number of carbonyl (C=O) groups is 1. The van der Waals surface area contributed by atoms with Gasteiger partial charge >= 0.3 is 5.97 Å². The lowest BCUT2D eigenvalue weighted by molar-refractivity contribution is -0.145.